The van der Waals surface area contributed by atoms with Crippen LogP contribution in [0.4, 0.5) is 15.9 Å². The number of carbonyl (C=O) groups excluding carboxylic acids is 1. The normalized spacial score (nSPS) is 18.7. The Bertz CT molecular complexity index is 1100. The number of anilines is 2. The molecule has 0 unspecified atom stereocenters. The fourth-order valence-electron chi connectivity index (χ4n) is 3.88. The van der Waals surface area contributed by atoms with Crippen LogP contribution < -0.4 is 10.1 Å². The average Bonchev–Trinajstić information content (AvgIpc) is 3.12. The Hall–Kier alpha value is -2.78. The Morgan fingerprint density at radius 2 is 2.03 bits per heavy atom. The smallest absolute Gasteiger partial charge is 0.348 e. The molecule has 1 fully saturated rings. The van der Waals surface area contributed by atoms with Crippen molar-refractivity contribution in [1.82, 2.24) is 9.97 Å². The van der Waals surface area contributed by atoms with Crippen molar-refractivity contribution >= 4 is 39.0 Å². The lowest BCUT2D eigenvalue weighted by Crippen LogP contribution is -2.29. The largest absolute Gasteiger partial charge is 0.488 e. The number of esters is 1. The van der Waals surface area contributed by atoms with Gasteiger partial charge >= 0.3 is 5.97 Å². The number of aromatic nitrogens is 2. The molecule has 2 aromatic heterocycles. The van der Waals surface area contributed by atoms with E-state index in [4.69, 9.17) is 14.2 Å². The van der Waals surface area contributed by atoms with Crippen molar-refractivity contribution in [3.8, 4) is 5.75 Å². The summed E-state index contributed by atoms with van der Waals surface area (Å²) in [6.45, 7) is 1.83. The highest BCUT2D eigenvalue weighted by Gasteiger charge is 2.25. The number of thiophene rings is 1. The van der Waals surface area contributed by atoms with Gasteiger partial charge in [0, 0.05) is 19.6 Å². The molecule has 0 spiro atoms. The molecule has 0 amide bonds. The highest BCUT2D eigenvalue weighted by molar-refractivity contribution is 7.20. The highest BCUT2D eigenvalue weighted by atomic mass is 32.1. The maximum atomic E-state index is 14.0. The first-order chi connectivity index (χ1) is 15.0. The predicted octanol–water partition coefficient (Wildman–Crippen LogP) is 5.01. The first kappa shape index (κ1) is 21.5. The van der Waals surface area contributed by atoms with E-state index in [1.54, 1.807) is 13.2 Å². The minimum absolute atomic E-state index is 0.0553. The average molecular weight is 446 g/mol. The van der Waals surface area contributed by atoms with Crippen LogP contribution in [0.2, 0.25) is 0 Å². The second-order valence-electron chi connectivity index (χ2n) is 7.48. The van der Waals surface area contributed by atoms with Crippen LogP contribution in [0.15, 0.2) is 24.5 Å². The van der Waals surface area contributed by atoms with Crippen LogP contribution in [0.25, 0.3) is 10.2 Å². The molecule has 2 heterocycles. The summed E-state index contributed by atoms with van der Waals surface area (Å²) in [6.07, 6.45) is 5.17. The van der Waals surface area contributed by atoms with Crippen molar-refractivity contribution < 1.29 is 23.4 Å². The summed E-state index contributed by atoms with van der Waals surface area (Å²) < 4.78 is 30.5. The maximum Gasteiger partial charge on any atom is 0.348 e. The molecule has 0 radical (unpaired) electrons. The third kappa shape index (κ3) is 4.47. The standard InChI is InChI=1S/C22H24FN3O4S/c1-12-18-20(24-11-25-21(18)31-19(12)22(27)29-3)26-16-8-7-13(23)9-17(16)30-15-6-4-5-14(10-15)28-2/h7-9,11,14-15H,4-6,10H2,1-3H3,(H,24,25,26)/t14-,15+/m1/s1. The molecule has 164 valence electrons. The van der Waals surface area contributed by atoms with E-state index in [0.29, 0.717) is 27.0 Å². The summed E-state index contributed by atoms with van der Waals surface area (Å²) >= 11 is 1.25. The Balaban J connectivity index is 1.66. The van der Waals surface area contributed by atoms with E-state index < -0.39 is 5.97 Å². The molecule has 1 aliphatic rings. The number of nitrogens with one attached hydrogen (secondary N) is 1. The van der Waals surface area contributed by atoms with Crippen LogP contribution in [0.1, 0.15) is 40.9 Å². The highest BCUT2D eigenvalue weighted by Crippen LogP contribution is 2.37. The Labute approximate surface area is 183 Å². The first-order valence-corrected chi connectivity index (χ1v) is 10.9. The fourth-order valence-corrected chi connectivity index (χ4v) is 4.95. The zero-order valence-corrected chi connectivity index (χ0v) is 18.4. The second-order valence-corrected chi connectivity index (χ2v) is 8.48. The number of halogens is 1. The SMILES string of the molecule is COC(=O)c1sc2ncnc(Nc3ccc(F)cc3O[C@H]3CCC[C@@H](OC)C3)c2c1C. The minimum Gasteiger partial charge on any atom is -0.488 e. The van der Waals surface area contributed by atoms with Crippen LogP contribution in [0.5, 0.6) is 5.75 Å². The number of benzene rings is 1. The van der Waals surface area contributed by atoms with Gasteiger partial charge in [0.2, 0.25) is 0 Å². The Morgan fingerprint density at radius 3 is 2.81 bits per heavy atom. The maximum absolute atomic E-state index is 14.0. The molecule has 31 heavy (non-hydrogen) atoms. The summed E-state index contributed by atoms with van der Waals surface area (Å²) in [7, 11) is 3.05. The molecule has 1 saturated carbocycles. The molecule has 3 aromatic rings. The third-order valence-corrected chi connectivity index (χ3v) is 6.68. The lowest BCUT2D eigenvalue weighted by Gasteiger charge is -2.29. The molecule has 0 bridgehead atoms. The van der Waals surface area contributed by atoms with E-state index in [1.165, 1.54) is 36.9 Å². The third-order valence-electron chi connectivity index (χ3n) is 5.50. The van der Waals surface area contributed by atoms with E-state index in [2.05, 4.69) is 15.3 Å². The number of hydrogen-bond acceptors (Lipinski definition) is 8. The molecule has 1 N–H and O–H groups in total. The van der Waals surface area contributed by atoms with E-state index in [9.17, 15) is 9.18 Å². The molecular weight excluding hydrogens is 421 g/mol. The number of ether oxygens (including phenoxy) is 3. The van der Waals surface area contributed by atoms with Gasteiger partial charge in [0.1, 0.15) is 39.5 Å². The van der Waals surface area contributed by atoms with Crippen molar-refractivity contribution in [1.29, 1.82) is 0 Å². The van der Waals surface area contributed by atoms with Crippen LogP contribution in [0, 0.1) is 12.7 Å². The Kier molecular flexibility index (Phi) is 6.33. The van der Waals surface area contributed by atoms with Crippen LogP contribution in [-0.4, -0.2) is 42.4 Å². The van der Waals surface area contributed by atoms with E-state index in [0.717, 1.165) is 36.6 Å². The lowest BCUT2D eigenvalue weighted by molar-refractivity contribution is 0.0211. The van der Waals surface area contributed by atoms with Crippen LogP contribution in [0.3, 0.4) is 0 Å². The summed E-state index contributed by atoms with van der Waals surface area (Å²) in [6, 6.07) is 4.36. The first-order valence-electron chi connectivity index (χ1n) is 10.1. The quantitative estimate of drug-likeness (QED) is 0.534. The van der Waals surface area contributed by atoms with Gasteiger partial charge < -0.3 is 19.5 Å². The number of carbonyl (C=O) groups is 1. The van der Waals surface area contributed by atoms with Crippen molar-refractivity contribution in [3.63, 3.8) is 0 Å². The van der Waals surface area contributed by atoms with Gasteiger partial charge in [-0.2, -0.15) is 0 Å². The van der Waals surface area contributed by atoms with Gasteiger partial charge in [-0.1, -0.05) is 0 Å². The number of fused-ring (bicyclic) bond motifs is 1. The molecule has 9 heteroatoms. The number of methoxy groups -OCH3 is 2. The molecule has 0 aliphatic heterocycles. The lowest BCUT2D eigenvalue weighted by atomic mass is 9.95. The molecule has 2 atom stereocenters. The second kappa shape index (κ2) is 9.15. The molecule has 4 rings (SSSR count). The van der Waals surface area contributed by atoms with Gasteiger partial charge in [-0.05, 0) is 43.9 Å². The van der Waals surface area contributed by atoms with Gasteiger partial charge in [0.05, 0.1) is 24.3 Å². The zero-order chi connectivity index (χ0) is 22.0. The number of hydrogen-bond donors (Lipinski definition) is 1. The molecule has 7 nitrogen and oxygen atoms in total. The number of rotatable bonds is 6. The monoisotopic (exact) mass is 445 g/mol. The summed E-state index contributed by atoms with van der Waals surface area (Å²) in [5, 5.41) is 3.97. The van der Waals surface area contributed by atoms with Crippen molar-refractivity contribution in [2.75, 3.05) is 19.5 Å². The Morgan fingerprint density at radius 1 is 1.23 bits per heavy atom. The summed E-state index contributed by atoms with van der Waals surface area (Å²) in [5.74, 6) is 0.132. The zero-order valence-electron chi connectivity index (χ0n) is 17.6. The fraction of sp³-hybridized carbons (Fsp3) is 0.409. The molecule has 1 aromatic carbocycles. The van der Waals surface area contributed by atoms with Crippen molar-refractivity contribution in [2.24, 2.45) is 0 Å². The van der Waals surface area contributed by atoms with Gasteiger partial charge in [0.15, 0.2) is 0 Å². The van der Waals surface area contributed by atoms with Crippen LogP contribution in [-0.2, 0) is 9.47 Å². The van der Waals surface area contributed by atoms with Crippen LogP contribution >= 0.6 is 11.3 Å². The van der Waals surface area contributed by atoms with E-state index >= 15 is 0 Å². The van der Waals surface area contributed by atoms with Gasteiger partial charge in [-0.25, -0.2) is 19.2 Å². The van der Waals surface area contributed by atoms with Crippen molar-refractivity contribution in [2.45, 2.75) is 44.8 Å². The minimum atomic E-state index is -0.415. The van der Waals surface area contributed by atoms with Gasteiger partial charge in [0.25, 0.3) is 0 Å². The predicted molar refractivity (Wildman–Crippen MR) is 117 cm³/mol. The topological polar surface area (TPSA) is 82.6 Å². The molecule has 1 aliphatic carbocycles. The number of nitrogens with zero attached hydrogens (tertiary/aromatic N) is 2. The number of aryl methyl sites for hydroxylation is 1. The van der Waals surface area contributed by atoms with Gasteiger partial charge in [-0.3, -0.25) is 0 Å². The van der Waals surface area contributed by atoms with E-state index in [-0.39, 0.29) is 18.0 Å². The summed E-state index contributed by atoms with van der Waals surface area (Å²) in [4.78, 5) is 21.9. The molecule has 0 saturated heterocycles. The molecular formula is C22H24FN3O4S. The van der Waals surface area contributed by atoms with E-state index in [1.807, 2.05) is 6.92 Å². The van der Waals surface area contributed by atoms with Gasteiger partial charge in [-0.15, -0.1) is 11.3 Å². The van der Waals surface area contributed by atoms with Crippen molar-refractivity contribution in [3.05, 3.63) is 40.8 Å². The summed E-state index contributed by atoms with van der Waals surface area (Å²) in [5.41, 5.74) is 1.32.